The van der Waals surface area contributed by atoms with Crippen LogP contribution in [0.2, 0.25) is 0 Å². The van der Waals surface area contributed by atoms with Crippen molar-refractivity contribution in [1.82, 2.24) is 0 Å². The lowest BCUT2D eigenvalue weighted by Crippen LogP contribution is -2.64. The number of phosphoric ester groups is 1. The Morgan fingerprint density at radius 1 is 0.540 bits per heavy atom. The van der Waals surface area contributed by atoms with E-state index in [9.17, 15) is 44.6 Å². The Balaban J connectivity index is 2.53. The van der Waals surface area contributed by atoms with E-state index < -0.39 is 75.7 Å². The molecule has 0 amide bonds. The lowest BCUT2D eigenvalue weighted by molar-refractivity contribution is -0.220. The van der Waals surface area contributed by atoms with Crippen LogP contribution in [-0.4, -0.2) is 98.3 Å². The first-order valence-corrected chi connectivity index (χ1v) is 20.8. The topological polar surface area (TPSA) is 210 Å². The molecule has 6 N–H and O–H groups in total. The van der Waals surface area contributed by atoms with E-state index in [1.807, 2.05) is 0 Å². The number of esters is 2. The largest absolute Gasteiger partial charge is 0.472 e. The molecular formula is C36H69O13P. The minimum atomic E-state index is -5.10. The van der Waals surface area contributed by atoms with Crippen molar-refractivity contribution in [3.05, 3.63) is 0 Å². The van der Waals surface area contributed by atoms with Crippen LogP contribution in [0.15, 0.2) is 0 Å². The summed E-state index contributed by atoms with van der Waals surface area (Å²) in [6.45, 7) is 3.23. The highest BCUT2D eigenvalue weighted by atomic mass is 31.2. The van der Waals surface area contributed by atoms with Crippen LogP contribution in [0.4, 0.5) is 0 Å². The van der Waals surface area contributed by atoms with E-state index in [1.165, 1.54) is 77.0 Å². The molecule has 13 nitrogen and oxygen atoms in total. The van der Waals surface area contributed by atoms with Crippen molar-refractivity contribution in [1.29, 1.82) is 0 Å². The third kappa shape index (κ3) is 21.4. The molecule has 50 heavy (non-hydrogen) atoms. The second-order valence-corrected chi connectivity index (χ2v) is 15.2. The number of aliphatic hydroxyl groups excluding tert-OH is 5. The van der Waals surface area contributed by atoms with Gasteiger partial charge in [0.25, 0.3) is 0 Å². The molecular weight excluding hydrogens is 671 g/mol. The first-order chi connectivity index (χ1) is 23.9. The number of carbonyl (C=O) groups excluding carboxylic acids is 2. The average Bonchev–Trinajstić information content (AvgIpc) is 3.09. The predicted molar refractivity (Wildman–Crippen MR) is 189 cm³/mol. The number of rotatable bonds is 31. The van der Waals surface area contributed by atoms with Crippen LogP contribution < -0.4 is 0 Å². The fourth-order valence-electron chi connectivity index (χ4n) is 5.99. The van der Waals surface area contributed by atoms with Gasteiger partial charge in [-0.1, -0.05) is 136 Å². The molecule has 0 radical (unpaired) electrons. The molecule has 1 aliphatic carbocycles. The van der Waals surface area contributed by atoms with Crippen molar-refractivity contribution >= 4 is 19.8 Å². The average molecular weight is 741 g/mol. The van der Waals surface area contributed by atoms with E-state index in [0.717, 1.165) is 44.9 Å². The summed E-state index contributed by atoms with van der Waals surface area (Å²) in [6.07, 6.45) is 10.5. The number of aliphatic hydroxyl groups is 5. The zero-order chi connectivity index (χ0) is 37.2. The van der Waals surface area contributed by atoms with E-state index >= 15 is 0 Å². The zero-order valence-corrected chi connectivity index (χ0v) is 31.6. The second-order valence-electron chi connectivity index (χ2n) is 13.8. The number of ether oxygens (including phenoxy) is 2. The molecule has 296 valence electrons. The van der Waals surface area contributed by atoms with Crippen LogP contribution in [0.5, 0.6) is 0 Å². The summed E-state index contributed by atoms with van der Waals surface area (Å²) in [6, 6.07) is 0. The quantitative estimate of drug-likeness (QED) is 0.0284. The van der Waals surface area contributed by atoms with Gasteiger partial charge in [0.1, 0.15) is 43.2 Å². The molecule has 1 saturated carbocycles. The molecule has 0 saturated heterocycles. The molecule has 0 aromatic heterocycles. The molecule has 1 fully saturated rings. The highest BCUT2D eigenvalue weighted by Crippen LogP contribution is 2.47. The van der Waals surface area contributed by atoms with Crippen molar-refractivity contribution in [3.8, 4) is 0 Å². The summed E-state index contributed by atoms with van der Waals surface area (Å²) < 4.78 is 33.3. The molecule has 14 heteroatoms. The van der Waals surface area contributed by atoms with Gasteiger partial charge in [-0.25, -0.2) is 4.57 Å². The van der Waals surface area contributed by atoms with Gasteiger partial charge in [-0.2, -0.15) is 0 Å². The third-order valence-electron chi connectivity index (χ3n) is 9.20. The van der Waals surface area contributed by atoms with Crippen molar-refractivity contribution < 1.29 is 63.1 Å². The minimum absolute atomic E-state index is 0.102. The first kappa shape index (κ1) is 46.9. The van der Waals surface area contributed by atoms with Crippen molar-refractivity contribution in [2.24, 2.45) is 0 Å². The van der Waals surface area contributed by atoms with Gasteiger partial charge in [0.15, 0.2) is 6.10 Å². The van der Waals surface area contributed by atoms with Crippen LogP contribution in [0.25, 0.3) is 0 Å². The molecule has 0 spiro atoms. The van der Waals surface area contributed by atoms with E-state index in [2.05, 4.69) is 13.8 Å². The van der Waals surface area contributed by atoms with Gasteiger partial charge in [0.2, 0.25) is 0 Å². The van der Waals surface area contributed by atoms with Crippen LogP contribution in [-0.2, 0) is 32.7 Å². The zero-order valence-electron chi connectivity index (χ0n) is 30.7. The molecule has 6 unspecified atom stereocenters. The minimum Gasteiger partial charge on any atom is -0.462 e. The van der Waals surface area contributed by atoms with E-state index in [-0.39, 0.29) is 12.8 Å². The SMILES string of the molecule is CCCCCCCCCCCCCCC(=O)OC[C@H](COP(=O)(O)OC1C(O)C(O)C(O)[C@@H](O)C1O)OC(=O)CCCCCCCCCCC. The summed E-state index contributed by atoms with van der Waals surface area (Å²) in [5, 5.41) is 49.8. The van der Waals surface area contributed by atoms with Gasteiger partial charge < -0.3 is 39.9 Å². The Kier molecular flexibility index (Phi) is 26.6. The normalized spacial score (nSPS) is 24.1. The Morgan fingerprint density at radius 2 is 0.900 bits per heavy atom. The highest BCUT2D eigenvalue weighted by molar-refractivity contribution is 7.47. The van der Waals surface area contributed by atoms with Crippen molar-refractivity contribution in [2.45, 2.75) is 204 Å². The maximum absolute atomic E-state index is 12.7. The lowest BCUT2D eigenvalue weighted by Gasteiger charge is -2.41. The van der Waals surface area contributed by atoms with Crippen LogP contribution in [0.3, 0.4) is 0 Å². The van der Waals surface area contributed by atoms with E-state index in [4.69, 9.17) is 18.5 Å². The smallest absolute Gasteiger partial charge is 0.462 e. The van der Waals surface area contributed by atoms with Gasteiger partial charge in [0.05, 0.1) is 6.61 Å². The number of phosphoric acid groups is 1. The molecule has 0 bridgehead atoms. The van der Waals surface area contributed by atoms with Gasteiger partial charge in [0, 0.05) is 12.8 Å². The summed E-state index contributed by atoms with van der Waals surface area (Å²) in [5.41, 5.74) is 0. The number of hydrogen-bond donors (Lipinski definition) is 6. The highest BCUT2D eigenvalue weighted by Gasteiger charge is 2.51. The van der Waals surface area contributed by atoms with E-state index in [1.54, 1.807) is 0 Å². The second kappa shape index (κ2) is 28.4. The van der Waals surface area contributed by atoms with Gasteiger partial charge in [-0.15, -0.1) is 0 Å². The summed E-state index contributed by atoms with van der Waals surface area (Å²) in [5.74, 6) is -1.10. The summed E-state index contributed by atoms with van der Waals surface area (Å²) >= 11 is 0. The van der Waals surface area contributed by atoms with Gasteiger partial charge in [-0.05, 0) is 12.8 Å². The fourth-order valence-corrected chi connectivity index (χ4v) is 6.96. The van der Waals surface area contributed by atoms with E-state index in [0.29, 0.717) is 12.8 Å². The van der Waals surface area contributed by atoms with Crippen LogP contribution in [0.1, 0.15) is 162 Å². The lowest BCUT2D eigenvalue weighted by atomic mass is 9.85. The van der Waals surface area contributed by atoms with Gasteiger partial charge in [-0.3, -0.25) is 18.6 Å². The summed E-state index contributed by atoms with van der Waals surface area (Å²) in [7, 11) is -5.10. The van der Waals surface area contributed by atoms with Crippen LogP contribution in [0, 0.1) is 0 Å². The fraction of sp³-hybridized carbons (Fsp3) is 0.944. The first-order valence-electron chi connectivity index (χ1n) is 19.3. The standard InChI is InChI=1S/C36H69O13P/c1-3-5-7-9-11-13-14-15-17-18-20-22-24-29(37)46-26-28(48-30(38)25-23-21-19-16-12-10-8-6-4-2)27-47-50(44,45)49-36-34(42)32(40)31(39)33(41)35(36)43/h28,31-36,39-43H,3-27H2,1-2H3,(H,44,45)/t28-,31?,32-,33?,34?,35?,36?/m1/s1. The molecule has 1 aliphatic rings. The Morgan fingerprint density at radius 3 is 1.32 bits per heavy atom. The Bertz CT molecular complexity index is 906. The maximum Gasteiger partial charge on any atom is 0.472 e. The molecule has 0 aliphatic heterocycles. The number of unbranched alkanes of at least 4 members (excludes halogenated alkanes) is 19. The van der Waals surface area contributed by atoms with Crippen molar-refractivity contribution in [3.63, 3.8) is 0 Å². The van der Waals surface area contributed by atoms with Crippen LogP contribution >= 0.6 is 7.82 Å². The third-order valence-corrected chi connectivity index (χ3v) is 10.2. The molecule has 0 aromatic carbocycles. The maximum atomic E-state index is 12.7. The molecule has 0 heterocycles. The molecule has 8 atom stereocenters. The summed E-state index contributed by atoms with van der Waals surface area (Å²) in [4.78, 5) is 35.3. The molecule has 0 aromatic rings. The number of carbonyl (C=O) groups is 2. The Hall–Kier alpha value is -1.15. The van der Waals surface area contributed by atoms with Crippen molar-refractivity contribution in [2.75, 3.05) is 13.2 Å². The van der Waals surface area contributed by atoms with Gasteiger partial charge >= 0.3 is 19.8 Å². The molecule has 1 rings (SSSR count). The Labute approximate surface area is 300 Å². The monoisotopic (exact) mass is 740 g/mol. The predicted octanol–water partition coefficient (Wildman–Crippen LogP) is 5.77. The number of hydrogen-bond acceptors (Lipinski definition) is 12.